The molecule has 102 valence electrons. The molecule has 0 bridgehead atoms. The molecule has 19 heavy (non-hydrogen) atoms. The summed E-state index contributed by atoms with van der Waals surface area (Å²) >= 11 is 0. The number of fused-ring (bicyclic) bond motifs is 1. The topological polar surface area (TPSA) is 29.1 Å². The number of Topliss-reactive ketones (excluding diaryl/α,β-unsaturated/α-hetero) is 1. The molecule has 2 heteroatoms. The largest absolute Gasteiger partial charge is 0.307 e. The minimum atomic E-state index is 0.115. The molecule has 0 unspecified atom stereocenters. The first-order chi connectivity index (χ1) is 9.24. The molecule has 1 aliphatic carbocycles. The van der Waals surface area contributed by atoms with E-state index in [1.54, 1.807) is 0 Å². The molecule has 1 N–H and O–H groups in total. The second-order valence-corrected chi connectivity index (χ2v) is 6.26. The molecule has 0 saturated carbocycles. The van der Waals surface area contributed by atoms with Gasteiger partial charge < -0.3 is 5.32 Å². The van der Waals surface area contributed by atoms with Crippen LogP contribution in [-0.2, 0) is 11.2 Å². The summed E-state index contributed by atoms with van der Waals surface area (Å²) in [7, 11) is 0. The monoisotopic (exact) mass is 257 g/mol. The van der Waals surface area contributed by atoms with Gasteiger partial charge >= 0.3 is 0 Å². The van der Waals surface area contributed by atoms with Crippen LogP contribution >= 0.6 is 0 Å². The van der Waals surface area contributed by atoms with Gasteiger partial charge in [-0.3, -0.25) is 4.79 Å². The third-order valence-electron chi connectivity index (χ3n) is 4.68. The van der Waals surface area contributed by atoms with Gasteiger partial charge in [-0.1, -0.05) is 31.2 Å². The Bertz CT molecular complexity index is 468. The van der Waals surface area contributed by atoms with Gasteiger partial charge in [-0.15, -0.1) is 0 Å². The van der Waals surface area contributed by atoms with Crippen LogP contribution in [0.5, 0.6) is 0 Å². The molecule has 2 nitrogen and oxygen atoms in total. The van der Waals surface area contributed by atoms with Crippen molar-refractivity contribution in [2.45, 2.75) is 51.0 Å². The molecule has 3 rings (SSSR count). The summed E-state index contributed by atoms with van der Waals surface area (Å²) in [6.45, 7) is 3.22. The third kappa shape index (κ3) is 2.74. The van der Waals surface area contributed by atoms with E-state index in [-0.39, 0.29) is 6.04 Å². The normalized spacial score (nSPS) is 30.1. The molecule has 0 aromatic heterocycles. The molecule has 1 saturated heterocycles. The van der Waals surface area contributed by atoms with Gasteiger partial charge in [0.05, 0.1) is 6.04 Å². The van der Waals surface area contributed by atoms with Crippen molar-refractivity contribution in [3.05, 3.63) is 35.4 Å². The highest BCUT2D eigenvalue weighted by Crippen LogP contribution is 2.34. The molecule has 0 spiro atoms. The number of rotatable bonds is 3. The van der Waals surface area contributed by atoms with E-state index >= 15 is 0 Å². The van der Waals surface area contributed by atoms with Gasteiger partial charge in [0.25, 0.3) is 0 Å². The Morgan fingerprint density at radius 1 is 1.37 bits per heavy atom. The second kappa shape index (κ2) is 5.46. The van der Waals surface area contributed by atoms with Crippen molar-refractivity contribution in [3.8, 4) is 0 Å². The Morgan fingerprint density at radius 3 is 3.00 bits per heavy atom. The number of hydrogen-bond donors (Lipinski definition) is 1. The van der Waals surface area contributed by atoms with Gasteiger partial charge in [0.1, 0.15) is 5.78 Å². The van der Waals surface area contributed by atoms with E-state index in [0.717, 1.165) is 19.4 Å². The van der Waals surface area contributed by atoms with Gasteiger partial charge in [0, 0.05) is 6.42 Å². The van der Waals surface area contributed by atoms with Gasteiger partial charge in [-0.2, -0.15) is 0 Å². The molecule has 1 heterocycles. The Hall–Kier alpha value is -1.15. The van der Waals surface area contributed by atoms with E-state index in [4.69, 9.17) is 0 Å². The zero-order chi connectivity index (χ0) is 13.2. The van der Waals surface area contributed by atoms with Gasteiger partial charge in [0.2, 0.25) is 0 Å². The van der Waals surface area contributed by atoms with Gasteiger partial charge in [0.15, 0.2) is 0 Å². The highest BCUT2D eigenvalue weighted by Gasteiger charge is 2.30. The Morgan fingerprint density at radius 2 is 2.21 bits per heavy atom. The molecule has 3 atom stereocenters. The summed E-state index contributed by atoms with van der Waals surface area (Å²) in [6.07, 6.45) is 5.32. The van der Waals surface area contributed by atoms with Gasteiger partial charge in [-0.25, -0.2) is 0 Å². The predicted molar refractivity (Wildman–Crippen MR) is 77.3 cm³/mol. The van der Waals surface area contributed by atoms with E-state index in [0.29, 0.717) is 17.6 Å². The number of nitrogens with one attached hydrogen (secondary N) is 1. The zero-order valence-electron chi connectivity index (χ0n) is 11.7. The molecular formula is C17H23NO. The maximum atomic E-state index is 12.4. The number of hydrogen-bond acceptors (Lipinski definition) is 2. The van der Waals surface area contributed by atoms with Crippen LogP contribution in [0, 0.1) is 5.92 Å². The first kappa shape index (κ1) is 12.9. The average molecular weight is 257 g/mol. The Balaban J connectivity index is 1.69. The van der Waals surface area contributed by atoms with Crippen LogP contribution in [0.15, 0.2) is 24.3 Å². The lowest BCUT2D eigenvalue weighted by Crippen LogP contribution is -2.32. The summed E-state index contributed by atoms with van der Waals surface area (Å²) in [5.41, 5.74) is 2.88. The maximum Gasteiger partial charge on any atom is 0.150 e. The first-order valence-corrected chi connectivity index (χ1v) is 7.58. The summed E-state index contributed by atoms with van der Waals surface area (Å²) in [6, 6.07) is 8.78. The van der Waals surface area contributed by atoms with E-state index in [2.05, 4.69) is 36.5 Å². The molecule has 2 aliphatic rings. The number of benzene rings is 1. The summed E-state index contributed by atoms with van der Waals surface area (Å²) < 4.78 is 0. The molecule has 1 aromatic carbocycles. The molecule has 0 radical (unpaired) electrons. The highest BCUT2D eigenvalue weighted by molar-refractivity contribution is 5.85. The lowest BCUT2D eigenvalue weighted by atomic mass is 9.79. The first-order valence-electron chi connectivity index (χ1n) is 7.58. The highest BCUT2D eigenvalue weighted by atomic mass is 16.1. The number of ketones is 1. The van der Waals surface area contributed by atoms with Crippen LogP contribution in [0.3, 0.4) is 0 Å². The van der Waals surface area contributed by atoms with Crippen LogP contribution in [0.25, 0.3) is 0 Å². The fraction of sp³-hybridized carbons (Fsp3) is 0.588. The maximum absolute atomic E-state index is 12.4. The number of carbonyl (C=O) groups excluding carboxylic acids is 1. The average Bonchev–Trinajstić information content (AvgIpc) is 2.86. The molecular weight excluding hydrogens is 234 g/mol. The molecule has 0 amide bonds. The van der Waals surface area contributed by atoms with E-state index in [1.807, 2.05) is 0 Å². The van der Waals surface area contributed by atoms with Crippen molar-refractivity contribution in [3.63, 3.8) is 0 Å². The summed E-state index contributed by atoms with van der Waals surface area (Å²) in [5.74, 6) is 1.52. The van der Waals surface area contributed by atoms with Crippen molar-refractivity contribution in [2.75, 3.05) is 6.54 Å². The minimum absolute atomic E-state index is 0.115. The van der Waals surface area contributed by atoms with E-state index < -0.39 is 0 Å². The lowest BCUT2D eigenvalue weighted by Gasteiger charge is -2.25. The smallest absolute Gasteiger partial charge is 0.150 e. The van der Waals surface area contributed by atoms with Crippen LogP contribution in [0.1, 0.15) is 49.7 Å². The zero-order valence-corrected chi connectivity index (χ0v) is 11.7. The molecule has 1 aliphatic heterocycles. The fourth-order valence-electron chi connectivity index (χ4n) is 3.61. The van der Waals surface area contributed by atoms with Crippen molar-refractivity contribution in [2.24, 2.45) is 5.92 Å². The van der Waals surface area contributed by atoms with Crippen molar-refractivity contribution >= 4 is 5.78 Å². The number of aryl methyl sites for hydroxylation is 1. The third-order valence-corrected chi connectivity index (χ3v) is 4.68. The van der Waals surface area contributed by atoms with Gasteiger partial charge in [-0.05, 0) is 55.2 Å². The Kier molecular flexibility index (Phi) is 3.69. The second-order valence-electron chi connectivity index (χ2n) is 6.26. The molecule has 1 fully saturated rings. The molecule has 1 aromatic rings. The van der Waals surface area contributed by atoms with Crippen molar-refractivity contribution in [1.82, 2.24) is 5.32 Å². The van der Waals surface area contributed by atoms with Crippen LogP contribution < -0.4 is 5.32 Å². The lowest BCUT2D eigenvalue weighted by molar-refractivity contribution is -0.121. The van der Waals surface area contributed by atoms with Crippen LogP contribution in [0.2, 0.25) is 0 Å². The minimum Gasteiger partial charge on any atom is -0.307 e. The predicted octanol–water partition coefficient (Wildman–Crippen LogP) is 3.06. The fourth-order valence-corrected chi connectivity index (χ4v) is 3.61. The number of carbonyl (C=O) groups is 1. The van der Waals surface area contributed by atoms with Crippen molar-refractivity contribution in [1.29, 1.82) is 0 Å². The van der Waals surface area contributed by atoms with E-state index in [9.17, 15) is 4.79 Å². The SMILES string of the molecule is C[C@@H]1CN[C@H](C(=O)C[C@@H]2CCCc3ccccc32)C1. The quantitative estimate of drug-likeness (QED) is 0.901. The van der Waals surface area contributed by atoms with E-state index in [1.165, 1.54) is 30.4 Å². The van der Waals surface area contributed by atoms with Crippen LogP contribution in [0.4, 0.5) is 0 Å². The van der Waals surface area contributed by atoms with Crippen LogP contribution in [-0.4, -0.2) is 18.4 Å². The Labute approximate surface area is 115 Å². The standard InChI is InChI=1S/C17H23NO/c1-12-9-16(18-11-12)17(19)10-14-7-4-6-13-5-2-3-8-15(13)14/h2-3,5,8,12,14,16,18H,4,6-7,9-11H2,1H3/t12-,14-,16-/m0/s1. The summed E-state index contributed by atoms with van der Waals surface area (Å²) in [4.78, 5) is 12.4. The summed E-state index contributed by atoms with van der Waals surface area (Å²) in [5, 5.41) is 3.37. The van der Waals surface area contributed by atoms with Crippen molar-refractivity contribution < 1.29 is 4.79 Å².